The molecule has 23 heavy (non-hydrogen) atoms. The minimum atomic E-state index is -3.44. The van der Waals surface area contributed by atoms with E-state index in [0.29, 0.717) is 12.1 Å². The summed E-state index contributed by atoms with van der Waals surface area (Å²) in [6, 6.07) is 13.6. The number of nitrogens with one attached hydrogen (secondary N) is 1. The summed E-state index contributed by atoms with van der Waals surface area (Å²) >= 11 is 0. The summed E-state index contributed by atoms with van der Waals surface area (Å²) in [7, 11) is -3.44. The molecule has 0 saturated carbocycles. The van der Waals surface area contributed by atoms with E-state index in [9.17, 15) is 13.2 Å². The minimum absolute atomic E-state index is 0.167. The van der Waals surface area contributed by atoms with E-state index in [0.717, 1.165) is 11.1 Å². The van der Waals surface area contributed by atoms with Crippen LogP contribution in [0.2, 0.25) is 0 Å². The molecule has 0 aliphatic heterocycles. The van der Waals surface area contributed by atoms with Crippen LogP contribution in [-0.4, -0.2) is 31.8 Å². The average molecular weight is 333 g/mol. The Morgan fingerprint density at radius 2 is 1.83 bits per heavy atom. The smallest absolute Gasteiger partial charge is 0.251 e. The molecule has 0 radical (unpaired) electrons. The third kappa shape index (κ3) is 4.64. The topological polar surface area (TPSA) is 83.5 Å². The summed E-state index contributed by atoms with van der Waals surface area (Å²) in [5.41, 5.74) is 2.40. The number of aryl methyl sites for hydroxylation is 1. The maximum atomic E-state index is 12.0. The molecule has 6 heteroatoms. The second-order valence-corrected chi connectivity index (χ2v) is 7.35. The van der Waals surface area contributed by atoms with E-state index >= 15 is 0 Å². The van der Waals surface area contributed by atoms with Gasteiger partial charge >= 0.3 is 0 Å². The van der Waals surface area contributed by atoms with E-state index in [2.05, 4.69) is 5.32 Å². The molecule has 0 aromatic heterocycles. The maximum Gasteiger partial charge on any atom is 0.251 e. The molecule has 0 heterocycles. The van der Waals surface area contributed by atoms with Crippen molar-refractivity contribution in [1.29, 1.82) is 0 Å². The molecule has 0 spiro atoms. The summed E-state index contributed by atoms with van der Waals surface area (Å²) in [6.45, 7) is 1.83. The predicted octanol–water partition coefficient (Wildman–Crippen LogP) is 1.69. The average Bonchev–Trinajstić information content (AvgIpc) is 2.53. The Balaban J connectivity index is 2.00. The second-order valence-electron chi connectivity index (χ2n) is 5.24. The van der Waals surface area contributed by atoms with Crippen molar-refractivity contribution in [3.8, 4) is 0 Å². The zero-order valence-electron chi connectivity index (χ0n) is 12.8. The number of hydrogen-bond acceptors (Lipinski definition) is 4. The Bertz CT molecular complexity index is 782. The van der Waals surface area contributed by atoms with E-state index in [1.165, 1.54) is 12.1 Å². The zero-order chi connectivity index (χ0) is 16.9. The van der Waals surface area contributed by atoms with Gasteiger partial charge in [0.05, 0.1) is 17.3 Å². The van der Waals surface area contributed by atoms with E-state index in [1.807, 2.05) is 19.1 Å². The van der Waals surface area contributed by atoms with Crippen LogP contribution in [0, 0.1) is 6.92 Å². The number of rotatable bonds is 6. The number of carbonyl (C=O) groups excluding carboxylic acids is 1. The first-order valence-corrected chi connectivity index (χ1v) is 8.85. The highest BCUT2D eigenvalue weighted by Crippen LogP contribution is 2.12. The van der Waals surface area contributed by atoms with Crippen molar-refractivity contribution in [2.24, 2.45) is 0 Å². The predicted molar refractivity (Wildman–Crippen MR) is 87.9 cm³/mol. The molecule has 0 fully saturated rings. The lowest BCUT2D eigenvalue weighted by molar-refractivity contribution is 0.0951. The van der Waals surface area contributed by atoms with Gasteiger partial charge in [-0.15, -0.1) is 0 Å². The van der Waals surface area contributed by atoms with Gasteiger partial charge in [0.15, 0.2) is 9.84 Å². The molecule has 2 aromatic carbocycles. The molecule has 0 bridgehead atoms. The van der Waals surface area contributed by atoms with Crippen LogP contribution in [-0.2, 0) is 16.4 Å². The summed E-state index contributed by atoms with van der Waals surface area (Å²) in [6.07, 6.45) is 0. The standard InChI is InChI=1S/C17H19NO4S/c1-13-3-2-4-15(11-13)17(20)18-12-14-5-7-16(8-6-14)23(21,22)10-9-19/h2-8,11,19H,9-10,12H2,1H3,(H,18,20). The highest BCUT2D eigenvalue weighted by Gasteiger charge is 2.13. The number of carbonyl (C=O) groups is 1. The molecule has 5 nitrogen and oxygen atoms in total. The van der Waals surface area contributed by atoms with Crippen molar-refractivity contribution in [1.82, 2.24) is 5.32 Å². The second kappa shape index (κ2) is 7.39. The molecular weight excluding hydrogens is 314 g/mol. The Kier molecular flexibility index (Phi) is 5.52. The fourth-order valence-corrected chi connectivity index (χ4v) is 3.15. The number of amides is 1. The van der Waals surface area contributed by atoms with Gasteiger partial charge in [-0.3, -0.25) is 4.79 Å². The first-order chi connectivity index (χ1) is 10.9. The van der Waals surface area contributed by atoms with Gasteiger partial charge in [-0.25, -0.2) is 8.42 Å². The van der Waals surface area contributed by atoms with Crippen molar-refractivity contribution in [2.45, 2.75) is 18.4 Å². The van der Waals surface area contributed by atoms with Gasteiger partial charge in [0.1, 0.15) is 0 Å². The van der Waals surface area contributed by atoms with Crippen LogP contribution >= 0.6 is 0 Å². The van der Waals surface area contributed by atoms with Crippen LogP contribution in [0.3, 0.4) is 0 Å². The molecule has 122 valence electrons. The SMILES string of the molecule is Cc1cccc(C(=O)NCc2ccc(S(=O)(=O)CCO)cc2)c1. The fourth-order valence-electron chi connectivity index (χ4n) is 2.12. The zero-order valence-corrected chi connectivity index (χ0v) is 13.6. The summed E-state index contributed by atoms with van der Waals surface area (Å²) < 4.78 is 23.6. The number of benzene rings is 2. The van der Waals surface area contributed by atoms with Gasteiger partial charge in [0.25, 0.3) is 5.91 Å². The first kappa shape index (κ1) is 17.2. The van der Waals surface area contributed by atoms with Crippen LogP contribution < -0.4 is 5.32 Å². The van der Waals surface area contributed by atoms with E-state index in [1.54, 1.807) is 24.3 Å². The third-order valence-corrected chi connectivity index (χ3v) is 5.09. The third-order valence-electron chi connectivity index (χ3n) is 3.38. The molecule has 2 N–H and O–H groups in total. The summed E-state index contributed by atoms with van der Waals surface area (Å²) in [5.74, 6) is -0.470. The molecule has 0 saturated heterocycles. The lowest BCUT2D eigenvalue weighted by Gasteiger charge is -2.07. The van der Waals surface area contributed by atoms with Crippen molar-refractivity contribution in [2.75, 3.05) is 12.4 Å². The molecule has 0 atom stereocenters. The van der Waals surface area contributed by atoms with Crippen LogP contribution in [0.25, 0.3) is 0 Å². The van der Waals surface area contributed by atoms with Crippen LogP contribution in [0.1, 0.15) is 21.5 Å². The summed E-state index contributed by atoms with van der Waals surface area (Å²) in [5, 5.41) is 11.6. The number of aliphatic hydroxyl groups excluding tert-OH is 1. The Morgan fingerprint density at radius 3 is 2.43 bits per heavy atom. The fraction of sp³-hybridized carbons (Fsp3) is 0.235. The number of aliphatic hydroxyl groups is 1. The molecule has 2 rings (SSSR count). The molecule has 0 aliphatic carbocycles. The highest BCUT2D eigenvalue weighted by atomic mass is 32.2. The molecule has 2 aromatic rings. The van der Waals surface area contributed by atoms with Crippen molar-refractivity contribution >= 4 is 15.7 Å². The van der Waals surface area contributed by atoms with Crippen LogP contribution in [0.5, 0.6) is 0 Å². The van der Waals surface area contributed by atoms with E-state index in [4.69, 9.17) is 5.11 Å². The normalized spacial score (nSPS) is 11.2. The van der Waals surface area contributed by atoms with Gasteiger partial charge in [0, 0.05) is 12.1 Å². The van der Waals surface area contributed by atoms with Crippen molar-refractivity contribution in [3.63, 3.8) is 0 Å². The lowest BCUT2D eigenvalue weighted by Crippen LogP contribution is -2.22. The van der Waals surface area contributed by atoms with Gasteiger partial charge in [0.2, 0.25) is 0 Å². The number of hydrogen-bond donors (Lipinski definition) is 2. The lowest BCUT2D eigenvalue weighted by atomic mass is 10.1. The van der Waals surface area contributed by atoms with Crippen molar-refractivity contribution < 1.29 is 18.3 Å². The first-order valence-electron chi connectivity index (χ1n) is 7.20. The van der Waals surface area contributed by atoms with E-state index < -0.39 is 16.4 Å². The molecule has 0 unspecified atom stereocenters. The van der Waals surface area contributed by atoms with E-state index in [-0.39, 0.29) is 16.6 Å². The van der Waals surface area contributed by atoms with Crippen LogP contribution in [0.4, 0.5) is 0 Å². The van der Waals surface area contributed by atoms with Gasteiger partial charge in [-0.2, -0.15) is 0 Å². The minimum Gasteiger partial charge on any atom is -0.395 e. The Morgan fingerprint density at radius 1 is 1.13 bits per heavy atom. The maximum absolute atomic E-state index is 12.0. The van der Waals surface area contributed by atoms with Gasteiger partial charge < -0.3 is 10.4 Å². The quantitative estimate of drug-likeness (QED) is 0.843. The Hall–Kier alpha value is -2.18. The molecular formula is C17H19NO4S. The van der Waals surface area contributed by atoms with Gasteiger partial charge in [-0.1, -0.05) is 29.8 Å². The monoisotopic (exact) mass is 333 g/mol. The highest BCUT2D eigenvalue weighted by molar-refractivity contribution is 7.91. The molecule has 1 amide bonds. The van der Waals surface area contributed by atoms with Gasteiger partial charge in [-0.05, 0) is 36.8 Å². The number of sulfone groups is 1. The van der Waals surface area contributed by atoms with Crippen molar-refractivity contribution in [3.05, 3.63) is 65.2 Å². The van der Waals surface area contributed by atoms with Crippen LogP contribution in [0.15, 0.2) is 53.4 Å². The Labute approximate surface area is 135 Å². The largest absolute Gasteiger partial charge is 0.395 e. The summed E-state index contributed by atoms with van der Waals surface area (Å²) in [4.78, 5) is 12.2. The molecule has 0 aliphatic rings.